The Morgan fingerprint density at radius 2 is 2.00 bits per heavy atom. The molecule has 13 heteroatoms. The first-order valence-corrected chi connectivity index (χ1v) is 14.9. The molecule has 182 valence electrons. The van der Waals surface area contributed by atoms with Crippen molar-refractivity contribution in [2.24, 2.45) is 0 Å². The van der Waals surface area contributed by atoms with E-state index in [1.165, 1.54) is 22.7 Å². The van der Waals surface area contributed by atoms with E-state index in [-0.39, 0.29) is 5.56 Å². The maximum absolute atomic E-state index is 12.8. The summed E-state index contributed by atoms with van der Waals surface area (Å²) in [5, 5.41) is 10.7. The van der Waals surface area contributed by atoms with Crippen LogP contribution in [0, 0.1) is 0 Å². The van der Waals surface area contributed by atoms with E-state index in [1.807, 2.05) is 46.5 Å². The summed E-state index contributed by atoms with van der Waals surface area (Å²) in [6.07, 6.45) is 0. The number of benzene rings is 1. The fourth-order valence-electron chi connectivity index (χ4n) is 3.94. The second-order valence-corrected chi connectivity index (χ2v) is 11.5. The highest BCUT2D eigenvalue weighted by molar-refractivity contribution is 7.97. The highest BCUT2D eigenvalue weighted by Crippen LogP contribution is 2.33. The van der Waals surface area contributed by atoms with E-state index in [0.717, 1.165) is 43.4 Å². The van der Waals surface area contributed by atoms with Crippen molar-refractivity contribution in [3.63, 3.8) is 0 Å². The summed E-state index contributed by atoms with van der Waals surface area (Å²) < 4.78 is 5.47. The Morgan fingerprint density at radius 3 is 2.86 bits per heavy atom. The van der Waals surface area contributed by atoms with Gasteiger partial charge in [0.1, 0.15) is 16.3 Å². The molecule has 0 aliphatic heterocycles. The van der Waals surface area contributed by atoms with Gasteiger partial charge in [-0.1, -0.05) is 11.2 Å². The molecule has 6 aromatic heterocycles. The minimum atomic E-state index is -0.113. The fourth-order valence-corrected chi connectivity index (χ4v) is 6.98. The molecule has 0 unspecified atom stereocenters. The number of nitrogens with one attached hydrogen (secondary N) is 2. The molecule has 37 heavy (non-hydrogen) atoms. The first-order valence-electron chi connectivity index (χ1n) is 11.0. The van der Waals surface area contributed by atoms with E-state index in [4.69, 9.17) is 4.52 Å². The Hall–Kier alpha value is -3.65. The number of aromatic nitrogens is 7. The first kappa shape index (κ1) is 22.5. The number of hydrogen-bond donors (Lipinski definition) is 2. The number of rotatable bonds is 7. The van der Waals surface area contributed by atoms with Crippen LogP contribution >= 0.6 is 45.8 Å². The van der Waals surface area contributed by atoms with Crippen molar-refractivity contribution in [3.8, 4) is 33.3 Å². The third-order valence-electron chi connectivity index (χ3n) is 5.63. The Kier molecular flexibility index (Phi) is 5.69. The van der Waals surface area contributed by atoms with E-state index in [9.17, 15) is 4.79 Å². The Labute approximate surface area is 224 Å². The molecule has 0 spiro atoms. The van der Waals surface area contributed by atoms with Crippen LogP contribution in [-0.2, 0) is 11.5 Å². The van der Waals surface area contributed by atoms with Crippen molar-refractivity contribution in [2.75, 3.05) is 0 Å². The van der Waals surface area contributed by atoms with Crippen molar-refractivity contribution in [1.29, 1.82) is 0 Å². The van der Waals surface area contributed by atoms with E-state index in [1.54, 1.807) is 28.6 Å². The molecule has 0 bridgehead atoms. The molecule has 0 aliphatic rings. The van der Waals surface area contributed by atoms with Crippen LogP contribution < -0.4 is 5.56 Å². The van der Waals surface area contributed by atoms with Crippen molar-refractivity contribution >= 4 is 67.0 Å². The van der Waals surface area contributed by atoms with Crippen LogP contribution in [0.25, 0.3) is 54.6 Å². The van der Waals surface area contributed by atoms with Crippen LogP contribution in [0.3, 0.4) is 0 Å². The van der Waals surface area contributed by atoms with Gasteiger partial charge in [-0.05, 0) is 29.6 Å². The minimum Gasteiger partial charge on any atom is -0.338 e. The maximum atomic E-state index is 12.8. The Balaban J connectivity index is 1.05. The summed E-state index contributed by atoms with van der Waals surface area (Å²) in [6, 6.07) is 9.80. The van der Waals surface area contributed by atoms with Crippen LogP contribution in [0.4, 0.5) is 0 Å². The molecular weight excluding hydrogens is 547 g/mol. The summed E-state index contributed by atoms with van der Waals surface area (Å²) in [5.41, 5.74) is 5.98. The van der Waals surface area contributed by atoms with Gasteiger partial charge in [0, 0.05) is 26.8 Å². The molecule has 7 aromatic rings. The standard InChI is InChI=1S/C24H15N7O2S4/c32-23-20-13(17-2-1-5-36-17)7-37-24(20)29-18(28-23)9-34-10-19-30-21(31-33-19)12-3-4-14-15(6-12)27-22(26-14)16-8-35-11-25-16/h1-8,11H,9-10H2,(H,26,27)(H,28,29,32). The second-order valence-electron chi connectivity index (χ2n) is 8.01. The highest BCUT2D eigenvalue weighted by atomic mass is 32.2. The average molecular weight is 562 g/mol. The molecule has 0 aliphatic carbocycles. The van der Waals surface area contributed by atoms with Gasteiger partial charge in [0.05, 0.1) is 33.4 Å². The lowest BCUT2D eigenvalue weighted by Crippen LogP contribution is -2.10. The second kappa shape index (κ2) is 9.34. The van der Waals surface area contributed by atoms with Gasteiger partial charge in [0.15, 0.2) is 5.82 Å². The van der Waals surface area contributed by atoms with Gasteiger partial charge in [0.25, 0.3) is 5.56 Å². The Bertz CT molecular complexity index is 1900. The molecule has 0 amide bonds. The number of thiophene rings is 2. The van der Waals surface area contributed by atoms with E-state index in [0.29, 0.717) is 34.4 Å². The molecule has 6 heterocycles. The van der Waals surface area contributed by atoms with Crippen molar-refractivity contribution < 1.29 is 4.52 Å². The van der Waals surface area contributed by atoms with Crippen LogP contribution in [0.5, 0.6) is 0 Å². The minimum absolute atomic E-state index is 0.113. The zero-order chi connectivity index (χ0) is 24.8. The maximum Gasteiger partial charge on any atom is 0.260 e. The lowest BCUT2D eigenvalue weighted by atomic mass is 10.2. The molecule has 0 fully saturated rings. The molecular formula is C24H15N7O2S4. The van der Waals surface area contributed by atoms with Gasteiger partial charge in [0.2, 0.25) is 11.7 Å². The lowest BCUT2D eigenvalue weighted by molar-refractivity contribution is 0.391. The van der Waals surface area contributed by atoms with E-state index in [2.05, 4.69) is 35.1 Å². The van der Waals surface area contributed by atoms with Gasteiger partial charge < -0.3 is 14.5 Å². The molecule has 0 saturated heterocycles. The molecule has 2 N–H and O–H groups in total. The first-order chi connectivity index (χ1) is 18.2. The van der Waals surface area contributed by atoms with E-state index < -0.39 is 0 Å². The van der Waals surface area contributed by atoms with E-state index >= 15 is 0 Å². The monoisotopic (exact) mass is 561 g/mol. The molecule has 1 aromatic carbocycles. The van der Waals surface area contributed by atoms with Crippen LogP contribution in [0.15, 0.2) is 61.3 Å². The Morgan fingerprint density at radius 1 is 1.03 bits per heavy atom. The molecule has 0 atom stereocenters. The quantitative estimate of drug-likeness (QED) is 0.236. The van der Waals surface area contributed by atoms with Crippen molar-refractivity contribution in [2.45, 2.75) is 11.5 Å². The van der Waals surface area contributed by atoms with Crippen LogP contribution in [0.2, 0.25) is 0 Å². The zero-order valence-corrected chi connectivity index (χ0v) is 22.1. The van der Waals surface area contributed by atoms with Gasteiger partial charge >= 0.3 is 0 Å². The predicted octanol–water partition coefficient (Wildman–Crippen LogP) is 6.20. The fraction of sp³-hybridized carbons (Fsp3) is 0.0833. The molecule has 9 nitrogen and oxygen atoms in total. The van der Waals surface area contributed by atoms with Crippen molar-refractivity contribution in [3.05, 3.63) is 74.1 Å². The number of thioether (sulfide) groups is 1. The molecule has 0 radical (unpaired) electrons. The van der Waals surface area contributed by atoms with Gasteiger partial charge in [-0.25, -0.2) is 15.0 Å². The largest absolute Gasteiger partial charge is 0.338 e. The summed E-state index contributed by atoms with van der Waals surface area (Å²) in [4.78, 5) is 38.9. The normalized spacial score (nSPS) is 11.7. The van der Waals surface area contributed by atoms with Crippen LogP contribution in [-0.4, -0.2) is 35.1 Å². The number of hydrogen-bond acceptors (Lipinski definition) is 11. The number of fused-ring (bicyclic) bond motifs is 2. The third kappa shape index (κ3) is 4.29. The number of thiazole rings is 1. The molecule has 0 saturated carbocycles. The highest BCUT2D eigenvalue weighted by Gasteiger charge is 2.15. The number of nitrogens with zero attached hydrogens (tertiary/aromatic N) is 5. The summed E-state index contributed by atoms with van der Waals surface area (Å²) in [7, 11) is 0. The van der Waals surface area contributed by atoms with Crippen molar-refractivity contribution in [1.82, 2.24) is 35.1 Å². The SMILES string of the molecule is O=c1[nH]c(CSCc2nc(-c3ccc4nc(-c5cscn5)[nH]c4c3)no2)nc2scc(-c3cccs3)c12. The van der Waals surface area contributed by atoms with Gasteiger partial charge in [-0.15, -0.1) is 45.8 Å². The number of imidazole rings is 1. The number of H-pyrrole nitrogens is 2. The number of aromatic amines is 2. The summed E-state index contributed by atoms with van der Waals surface area (Å²) in [5.74, 6) is 3.40. The van der Waals surface area contributed by atoms with Gasteiger partial charge in [-0.3, -0.25) is 4.79 Å². The zero-order valence-electron chi connectivity index (χ0n) is 18.8. The third-order valence-corrected chi connectivity index (χ3v) is 8.92. The van der Waals surface area contributed by atoms with Crippen LogP contribution in [0.1, 0.15) is 11.7 Å². The summed E-state index contributed by atoms with van der Waals surface area (Å²) in [6.45, 7) is 0. The smallest absolute Gasteiger partial charge is 0.260 e. The van der Waals surface area contributed by atoms with Gasteiger partial charge in [-0.2, -0.15) is 4.98 Å². The topological polar surface area (TPSA) is 126 Å². The lowest BCUT2D eigenvalue weighted by Gasteiger charge is -2.00. The summed E-state index contributed by atoms with van der Waals surface area (Å²) >= 11 is 6.18. The average Bonchev–Trinajstić information content (AvgIpc) is 3.72. The molecule has 7 rings (SSSR count). The predicted molar refractivity (Wildman–Crippen MR) is 149 cm³/mol.